The maximum atomic E-state index is 12.2. The van der Waals surface area contributed by atoms with E-state index in [0.29, 0.717) is 22.8 Å². The molecular formula is C14H15ClN4O2. The van der Waals surface area contributed by atoms with Crippen LogP contribution >= 0.6 is 11.6 Å². The lowest BCUT2D eigenvalue weighted by molar-refractivity contribution is 0.102. The summed E-state index contributed by atoms with van der Waals surface area (Å²) in [5, 5.41) is 2.81. The topological polar surface area (TPSA) is 77.0 Å². The zero-order chi connectivity index (χ0) is 15.4. The summed E-state index contributed by atoms with van der Waals surface area (Å²) in [7, 11) is 1.49. The van der Waals surface area contributed by atoms with Gasteiger partial charge in [0.2, 0.25) is 0 Å². The summed E-state index contributed by atoms with van der Waals surface area (Å²) < 4.78 is 5.14. The van der Waals surface area contributed by atoms with Gasteiger partial charge in [0.25, 0.3) is 5.91 Å². The van der Waals surface area contributed by atoms with Crippen LogP contribution < -0.4 is 10.1 Å². The van der Waals surface area contributed by atoms with Gasteiger partial charge in [0.05, 0.1) is 12.7 Å². The monoisotopic (exact) mass is 306 g/mol. The van der Waals surface area contributed by atoms with E-state index in [-0.39, 0.29) is 17.0 Å². The molecule has 6 nitrogen and oxygen atoms in total. The van der Waals surface area contributed by atoms with Crippen molar-refractivity contribution in [3.63, 3.8) is 0 Å². The van der Waals surface area contributed by atoms with Crippen LogP contribution in [0.25, 0.3) is 0 Å². The van der Waals surface area contributed by atoms with Crippen molar-refractivity contribution in [2.75, 3.05) is 12.4 Å². The molecule has 0 unspecified atom stereocenters. The van der Waals surface area contributed by atoms with Crippen LogP contribution in [-0.4, -0.2) is 28.0 Å². The number of methoxy groups -OCH3 is 1. The Morgan fingerprint density at radius 1 is 1.29 bits per heavy atom. The zero-order valence-electron chi connectivity index (χ0n) is 11.9. The molecule has 2 aromatic rings. The number of nitrogens with one attached hydrogen (secondary N) is 1. The van der Waals surface area contributed by atoms with Gasteiger partial charge in [0, 0.05) is 30.6 Å². The van der Waals surface area contributed by atoms with Gasteiger partial charge in [-0.05, 0) is 0 Å². The summed E-state index contributed by atoms with van der Waals surface area (Å²) in [6.07, 6.45) is 4.46. The zero-order valence-corrected chi connectivity index (χ0v) is 12.7. The van der Waals surface area contributed by atoms with Crippen molar-refractivity contribution in [2.24, 2.45) is 0 Å². The van der Waals surface area contributed by atoms with E-state index in [9.17, 15) is 4.79 Å². The van der Waals surface area contributed by atoms with Crippen molar-refractivity contribution in [3.8, 4) is 5.75 Å². The minimum Gasteiger partial charge on any atom is -0.494 e. The molecule has 0 fully saturated rings. The number of amides is 1. The van der Waals surface area contributed by atoms with E-state index in [4.69, 9.17) is 16.3 Å². The third-order valence-electron chi connectivity index (χ3n) is 2.78. The number of pyridine rings is 1. The predicted molar refractivity (Wildman–Crippen MR) is 79.9 cm³/mol. The van der Waals surface area contributed by atoms with Crippen LogP contribution in [0.4, 0.5) is 5.69 Å². The largest absolute Gasteiger partial charge is 0.494 e. The number of aromatic nitrogens is 3. The minimum absolute atomic E-state index is 0.155. The van der Waals surface area contributed by atoms with Gasteiger partial charge in [-0.1, -0.05) is 25.4 Å². The molecule has 2 heterocycles. The summed E-state index contributed by atoms with van der Waals surface area (Å²) in [4.78, 5) is 24.4. The van der Waals surface area contributed by atoms with E-state index in [1.54, 1.807) is 6.07 Å². The SMILES string of the molecule is COc1ccnc(Cl)c1NC(=O)c1cnc(C(C)C)nc1. The van der Waals surface area contributed by atoms with E-state index in [1.807, 2.05) is 13.8 Å². The first-order valence-electron chi connectivity index (χ1n) is 6.34. The molecule has 0 saturated carbocycles. The number of hydrogen-bond donors (Lipinski definition) is 1. The highest BCUT2D eigenvalue weighted by Gasteiger charge is 2.15. The van der Waals surface area contributed by atoms with Gasteiger partial charge in [-0.2, -0.15) is 0 Å². The molecule has 0 radical (unpaired) electrons. The van der Waals surface area contributed by atoms with Crippen molar-refractivity contribution in [1.82, 2.24) is 15.0 Å². The number of ether oxygens (including phenoxy) is 1. The smallest absolute Gasteiger partial charge is 0.258 e. The van der Waals surface area contributed by atoms with Crippen molar-refractivity contribution < 1.29 is 9.53 Å². The fourth-order valence-electron chi connectivity index (χ4n) is 1.64. The van der Waals surface area contributed by atoms with Crippen molar-refractivity contribution in [3.05, 3.63) is 41.2 Å². The van der Waals surface area contributed by atoms with Crippen molar-refractivity contribution in [1.29, 1.82) is 0 Å². The standard InChI is InChI=1S/C14H15ClN4O2/c1-8(2)13-17-6-9(7-18-13)14(20)19-11-10(21-3)4-5-16-12(11)15/h4-8H,1-3H3,(H,19,20). The molecule has 110 valence electrons. The molecule has 0 spiro atoms. The lowest BCUT2D eigenvalue weighted by Crippen LogP contribution is -2.14. The Morgan fingerprint density at radius 3 is 2.52 bits per heavy atom. The lowest BCUT2D eigenvalue weighted by atomic mass is 10.2. The first kappa shape index (κ1) is 15.2. The Morgan fingerprint density at radius 2 is 1.95 bits per heavy atom. The Balaban J connectivity index is 2.22. The normalized spacial score (nSPS) is 10.5. The molecule has 0 saturated heterocycles. The van der Waals surface area contributed by atoms with Crippen LogP contribution in [0, 0.1) is 0 Å². The third-order valence-corrected chi connectivity index (χ3v) is 3.06. The van der Waals surface area contributed by atoms with Crippen molar-refractivity contribution >= 4 is 23.2 Å². The first-order chi connectivity index (χ1) is 10.0. The molecule has 2 rings (SSSR count). The molecule has 0 aromatic carbocycles. The number of rotatable bonds is 4. The van der Waals surface area contributed by atoms with Gasteiger partial charge in [0.1, 0.15) is 17.3 Å². The lowest BCUT2D eigenvalue weighted by Gasteiger charge is -2.11. The summed E-state index contributed by atoms with van der Waals surface area (Å²) in [6, 6.07) is 1.61. The molecular weight excluding hydrogens is 292 g/mol. The second-order valence-corrected chi connectivity index (χ2v) is 4.98. The van der Waals surface area contributed by atoms with Crippen LogP contribution in [0.5, 0.6) is 5.75 Å². The Kier molecular flexibility index (Phi) is 4.70. The number of hydrogen-bond acceptors (Lipinski definition) is 5. The summed E-state index contributed by atoms with van der Waals surface area (Å²) in [5.41, 5.74) is 0.654. The maximum Gasteiger partial charge on any atom is 0.258 e. The van der Waals surface area contributed by atoms with Crippen LogP contribution in [0.2, 0.25) is 5.15 Å². The van der Waals surface area contributed by atoms with Gasteiger partial charge < -0.3 is 10.1 Å². The van der Waals surface area contributed by atoms with Crippen LogP contribution in [-0.2, 0) is 0 Å². The Labute approximate surface area is 127 Å². The van der Waals surface area contributed by atoms with Gasteiger partial charge in [-0.15, -0.1) is 0 Å². The Bertz CT molecular complexity index is 644. The summed E-state index contributed by atoms with van der Waals surface area (Å²) in [6.45, 7) is 3.96. The molecule has 0 atom stereocenters. The van der Waals surface area contributed by atoms with E-state index < -0.39 is 0 Å². The van der Waals surface area contributed by atoms with E-state index >= 15 is 0 Å². The maximum absolute atomic E-state index is 12.2. The molecule has 0 aliphatic heterocycles. The number of nitrogens with zero attached hydrogens (tertiary/aromatic N) is 3. The first-order valence-corrected chi connectivity index (χ1v) is 6.72. The molecule has 0 bridgehead atoms. The van der Waals surface area contributed by atoms with Gasteiger partial charge in [-0.3, -0.25) is 4.79 Å². The van der Waals surface area contributed by atoms with E-state index in [0.717, 1.165) is 0 Å². The molecule has 7 heteroatoms. The second-order valence-electron chi connectivity index (χ2n) is 4.62. The summed E-state index contributed by atoms with van der Waals surface area (Å²) >= 11 is 5.97. The van der Waals surface area contributed by atoms with Gasteiger partial charge in [-0.25, -0.2) is 15.0 Å². The minimum atomic E-state index is -0.376. The highest BCUT2D eigenvalue weighted by molar-refractivity contribution is 6.33. The fourth-order valence-corrected chi connectivity index (χ4v) is 1.84. The third kappa shape index (κ3) is 3.46. The van der Waals surface area contributed by atoms with Gasteiger partial charge >= 0.3 is 0 Å². The van der Waals surface area contributed by atoms with Gasteiger partial charge in [0.15, 0.2) is 5.15 Å². The van der Waals surface area contributed by atoms with E-state index in [2.05, 4.69) is 20.3 Å². The molecule has 21 heavy (non-hydrogen) atoms. The van der Waals surface area contributed by atoms with Crippen LogP contribution in [0.3, 0.4) is 0 Å². The van der Waals surface area contributed by atoms with Crippen LogP contribution in [0.1, 0.15) is 35.9 Å². The van der Waals surface area contributed by atoms with Crippen LogP contribution in [0.15, 0.2) is 24.7 Å². The highest BCUT2D eigenvalue weighted by Crippen LogP contribution is 2.30. The molecule has 1 amide bonds. The average molecular weight is 307 g/mol. The highest BCUT2D eigenvalue weighted by atomic mass is 35.5. The number of halogens is 1. The number of anilines is 1. The molecule has 0 aliphatic rings. The quantitative estimate of drug-likeness (QED) is 0.879. The fraction of sp³-hybridized carbons (Fsp3) is 0.286. The summed E-state index contributed by atoms with van der Waals surface area (Å²) in [5.74, 6) is 0.945. The average Bonchev–Trinajstić information content (AvgIpc) is 2.49. The van der Waals surface area contributed by atoms with E-state index in [1.165, 1.54) is 25.7 Å². The Hall–Kier alpha value is -2.21. The number of carbonyl (C=O) groups excluding carboxylic acids is 1. The molecule has 0 aliphatic carbocycles. The number of carbonyl (C=O) groups is 1. The predicted octanol–water partition coefficient (Wildman–Crippen LogP) is 2.91. The molecule has 1 N–H and O–H groups in total. The second kappa shape index (κ2) is 6.49. The molecule has 2 aromatic heterocycles. The van der Waals surface area contributed by atoms with Crippen molar-refractivity contribution in [2.45, 2.75) is 19.8 Å².